The summed E-state index contributed by atoms with van der Waals surface area (Å²) >= 11 is 0. The van der Waals surface area contributed by atoms with Crippen LogP contribution in [-0.2, 0) is 6.54 Å². The second-order valence-corrected chi connectivity index (χ2v) is 5.46. The zero-order valence-corrected chi connectivity index (χ0v) is 12.3. The molecule has 1 heterocycles. The molecule has 0 aromatic heterocycles. The van der Waals surface area contributed by atoms with E-state index in [0.29, 0.717) is 12.7 Å². The van der Waals surface area contributed by atoms with Gasteiger partial charge < -0.3 is 14.8 Å². The molecule has 2 aromatic carbocycles. The third kappa shape index (κ3) is 3.56. The first-order valence-corrected chi connectivity index (χ1v) is 7.47. The molecular weight excluding hydrogens is 262 g/mol. The Morgan fingerprint density at radius 3 is 2.71 bits per heavy atom. The summed E-state index contributed by atoms with van der Waals surface area (Å²) in [5.74, 6) is 2.28. The highest BCUT2D eigenvalue weighted by atomic mass is 16.7. The van der Waals surface area contributed by atoms with Crippen LogP contribution in [0.15, 0.2) is 48.5 Å². The molecule has 3 heteroatoms. The average molecular weight is 283 g/mol. The van der Waals surface area contributed by atoms with E-state index in [1.54, 1.807) is 0 Å². The van der Waals surface area contributed by atoms with Crippen molar-refractivity contribution < 1.29 is 9.47 Å². The molecule has 1 N–H and O–H groups in total. The maximum Gasteiger partial charge on any atom is 0.231 e. The van der Waals surface area contributed by atoms with E-state index in [9.17, 15) is 0 Å². The smallest absolute Gasteiger partial charge is 0.231 e. The first-order valence-electron chi connectivity index (χ1n) is 7.47. The summed E-state index contributed by atoms with van der Waals surface area (Å²) in [7, 11) is 0. The van der Waals surface area contributed by atoms with Gasteiger partial charge in [0.1, 0.15) is 0 Å². The van der Waals surface area contributed by atoms with Gasteiger partial charge in [0.2, 0.25) is 6.79 Å². The number of hydrogen-bond donors (Lipinski definition) is 1. The first kappa shape index (κ1) is 14.0. The van der Waals surface area contributed by atoms with E-state index in [1.807, 2.05) is 6.07 Å². The van der Waals surface area contributed by atoms with Gasteiger partial charge in [-0.25, -0.2) is 0 Å². The summed E-state index contributed by atoms with van der Waals surface area (Å²) in [5, 5.41) is 3.50. The van der Waals surface area contributed by atoms with Crippen molar-refractivity contribution in [2.75, 3.05) is 13.3 Å². The summed E-state index contributed by atoms with van der Waals surface area (Å²) in [6.45, 7) is 4.47. The van der Waals surface area contributed by atoms with Crippen LogP contribution in [0, 0.1) is 0 Å². The monoisotopic (exact) mass is 283 g/mol. The van der Waals surface area contributed by atoms with Crippen molar-refractivity contribution in [3.63, 3.8) is 0 Å². The van der Waals surface area contributed by atoms with Crippen molar-refractivity contribution in [2.45, 2.75) is 25.8 Å². The number of rotatable bonds is 6. The van der Waals surface area contributed by atoms with E-state index in [2.05, 4.69) is 54.7 Å². The molecule has 0 amide bonds. The van der Waals surface area contributed by atoms with Crippen LogP contribution in [-0.4, -0.2) is 13.3 Å². The molecule has 1 aliphatic rings. The number of benzene rings is 2. The number of nitrogens with one attached hydrogen (secondary N) is 1. The summed E-state index contributed by atoms with van der Waals surface area (Å²) in [6, 6.07) is 16.8. The van der Waals surface area contributed by atoms with E-state index < -0.39 is 0 Å². The first-order chi connectivity index (χ1) is 10.3. The van der Waals surface area contributed by atoms with Crippen LogP contribution in [0.25, 0.3) is 0 Å². The molecular formula is C18H21NO2. The average Bonchev–Trinajstić information content (AvgIpc) is 3.00. The van der Waals surface area contributed by atoms with Crippen molar-refractivity contribution >= 4 is 0 Å². The van der Waals surface area contributed by atoms with Gasteiger partial charge >= 0.3 is 0 Å². The van der Waals surface area contributed by atoms with Gasteiger partial charge in [0.15, 0.2) is 11.5 Å². The molecule has 110 valence electrons. The fraction of sp³-hybridized carbons (Fsp3) is 0.333. The lowest BCUT2D eigenvalue weighted by Gasteiger charge is -2.12. The number of fused-ring (bicyclic) bond motifs is 1. The zero-order chi connectivity index (χ0) is 14.5. The fourth-order valence-corrected chi connectivity index (χ4v) is 2.55. The molecule has 0 saturated carbocycles. The standard InChI is InChI=1S/C18H21NO2/c1-14(16-5-3-2-4-6-16)9-10-19-12-15-7-8-17-18(11-15)21-13-20-17/h2-8,11,14,19H,9-10,12-13H2,1H3. The minimum Gasteiger partial charge on any atom is -0.454 e. The van der Waals surface area contributed by atoms with Crippen LogP contribution in [0.5, 0.6) is 11.5 Å². The normalized spacial score (nSPS) is 14.1. The van der Waals surface area contributed by atoms with Crippen molar-refractivity contribution in [3.05, 3.63) is 59.7 Å². The highest BCUT2D eigenvalue weighted by Gasteiger charge is 2.12. The Bertz CT molecular complexity index is 583. The maximum atomic E-state index is 5.39. The third-order valence-electron chi connectivity index (χ3n) is 3.89. The van der Waals surface area contributed by atoms with E-state index in [4.69, 9.17) is 9.47 Å². The minimum atomic E-state index is 0.334. The second-order valence-electron chi connectivity index (χ2n) is 5.46. The summed E-state index contributed by atoms with van der Waals surface area (Å²) in [6.07, 6.45) is 1.13. The molecule has 0 spiro atoms. The summed E-state index contributed by atoms with van der Waals surface area (Å²) in [5.41, 5.74) is 2.63. The zero-order valence-electron chi connectivity index (χ0n) is 12.3. The Morgan fingerprint density at radius 2 is 1.86 bits per heavy atom. The Balaban J connectivity index is 1.44. The molecule has 3 nitrogen and oxygen atoms in total. The molecule has 3 rings (SSSR count). The van der Waals surface area contributed by atoms with Gasteiger partial charge in [0.05, 0.1) is 0 Å². The van der Waals surface area contributed by atoms with Gasteiger partial charge in [0.25, 0.3) is 0 Å². The molecule has 0 aliphatic carbocycles. The Labute approximate surface area is 125 Å². The minimum absolute atomic E-state index is 0.334. The fourth-order valence-electron chi connectivity index (χ4n) is 2.55. The highest BCUT2D eigenvalue weighted by molar-refractivity contribution is 5.44. The molecule has 2 aromatic rings. The summed E-state index contributed by atoms with van der Waals surface area (Å²) in [4.78, 5) is 0. The quantitative estimate of drug-likeness (QED) is 0.820. The molecule has 0 radical (unpaired) electrons. The Hall–Kier alpha value is -2.00. The van der Waals surface area contributed by atoms with Crippen molar-refractivity contribution in [2.24, 2.45) is 0 Å². The summed E-state index contributed by atoms with van der Waals surface area (Å²) < 4.78 is 10.7. The Kier molecular flexibility index (Phi) is 4.41. The lowest BCUT2D eigenvalue weighted by atomic mass is 9.98. The molecule has 0 bridgehead atoms. The van der Waals surface area contributed by atoms with Crippen molar-refractivity contribution in [1.82, 2.24) is 5.32 Å². The van der Waals surface area contributed by atoms with Gasteiger partial charge in [0, 0.05) is 6.54 Å². The third-order valence-corrected chi connectivity index (χ3v) is 3.89. The molecule has 0 saturated heterocycles. The number of hydrogen-bond acceptors (Lipinski definition) is 3. The molecule has 1 atom stereocenters. The van der Waals surface area contributed by atoms with Crippen LogP contribution < -0.4 is 14.8 Å². The van der Waals surface area contributed by atoms with Crippen LogP contribution in [0.4, 0.5) is 0 Å². The number of ether oxygens (including phenoxy) is 2. The topological polar surface area (TPSA) is 30.5 Å². The van der Waals surface area contributed by atoms with Gasteiger partial charge in [-0.3, -0.25) is 0 Å². The van der Waals surface area contributed by atoms with E-state index in [0.717, 1.165) is 31.0 Å². The largest absolute Gasteiger partial charge is 0.454 e. The van der Waals surface area contributed by atoms with Crippen LogP contribution in [0.3, 0.4) is 0 Å². The predicted molar refractivity (Wildman–Crippen MR) is 83.7 cm³/mol. The van der Waals surface area contributed by atoms with Crippen LogP contribution in [0.2, 0.25) is 0 Å². The van der Waals surface area contributed by atoms with E-state index in [-0.39, 0.29) is 0 Å². The molecule has 1 aliphatic heterocycles. The maximum absolute atomic E-state index is 5.39. The van der Waals surface area contributed by atoms with Gasteiger partial charge in [-0.2, -0.15) is 0 Å². The lowest BCUT2D eigenvalue weighted by Crippen LogP contribution is -2.16. The molecule has 0 fully saturated rings. The van der Waals surface area contributed by atoms with Gasteiger partial charge in [-0.05, 0) is 42.1 Å². The SMILES string of the molecule is CC(CCNCc1ccc2c(c1)OCO2)c1ccccc1. The van der Waals surface area contributed by atoms with E-state index >= 15 is 0 Å². The van der Waals surface area contributed by atoms with Gasteiger partial charge in [-0.15, -0.1) is 0 Å². The second kappa shape index (κ2) is 6.64. The van der Waals surface area contributed by atoms with E-state index in [1.165, 1.54) is 11.1 Å². The van der Waals surface area contributed by atoms with Crippen molar-refractivity contribution in [3.8, 4) is 11.5 Å². The lowest BCUT2D eigenvalue weighted by molar-refractivity contribution is 0.174. The van der Waals surface area contributed by atoms with Crippen LogP contribution >= 0.6 is 0 Å². The van der Waals surface area contributed by atoms with Crippen molar-refractivity contribution in [1.29, 1.82) is 0 Å². The van der Waals surface area contributed by atoms with Crippen LogP contribution in [0.1, 0.15) is 30.4 Å². The molecule has 21 heavy (non-hydrogen) atoms. The predicted octanol–water partition coefficient (Wildman–Crippen LogP) is 3.70. The van der Waals surface area contributed by atoms with Gasteiger partial charge in [-0.1, -0.05) is 43.3 Å². The molecule has 1 unspecified atom stereocenters. The highest BCUT2D eigenvalue weighted by Crippen LogP contribution is 2.32. The Morgan fingerprint density at radius 1 is 1.05 bits per heavy atom.